The van der Waals surface area contributed by atoms with Crippen molar-refractivity contribution in [2.75, 3.05) is 32.9 Å². The van der Waals surface area contributed by atoms with Crippen molar-refractivity contribution in [1.29, 1.82) is 5.26 Å². The molecule has 1 amide bonds. The Hall–Kier alpha value is -3.47. The zero-order valence-corrected chi connectivity index (χ0v) is 20.9. The van der Waals surface area contributed by atoms with Gasteiger partial charge in [-0.25, -0.2) is 0 Å². The van der Waals surface area contributed by atoms with Crippen LogP contribution in [0.15, 0.2) is 51.3 Å². The third-order valence-electron chi connectivity index (χ3n) is 4.82. The zero-order valence-electron chi connectivity index (χ0n) is 18.5. The number of hydrogen-bond acceptors (Lipinski definition) is 9. The summed E-state index contributed by atoms with van der Waals surface area (Å²) >= 11 is 3.27. The predicted molar refractivity (Wildman–Crippen MR) is 127 cm³/mol. The fraction of sp³-hybridized carbons (Fsp3) is 0.273. The van der Waals surface area contributed by atoms with Crippen molar-refractivity contribution in [3.05, 3.63) is 62.1 Å². The first kappa shape index (κ1) is 26.1. The van der Waals surface area contributed by atoms with Gasteiger partial charge in [-0.1, -0.05) is 0 Å². The number of nitriles is 1. The number of nitro benzene ring substituents is 1. The number of morpholine rings is 1. The van der Waals surface area contributed by atoms with Gasteiger partial charge in [0.05, 0.1) is 29.2 Å². The van der Waals surface area contributed by atoms with Gasteiger partial charge in [-0.15, -0.1) is 0 Å². The number of carbonyl (C=O) groups is 1. The number of carbonyl (C=O) groups excluding carboxylic acids is 1. The monoisotopic (exact) mass is 565 g/mol. The quantitative estimate of drug-likeness (QED) is 0.154. The molecule has 2 aromatic carbocycles. The number of nitro groups is 1. The molecule has 0 atom stereocenters. The van der Waals surface area contributed by atoms with Crippen LogP contribution >= 0.6 is 15.9 Å². The molecule has 2 aromatic rings. The molecule has 1 fully saturated rings. The van der Waals surface area contributed by atoms with Gasteiger partial charge in [-0.05, 0) is 58.8 Å². The standard InChI is InChI=1S/C22H20BrN3O8S/c1-2-33-20-13-15(11-16(14-24)22(27)25-7-9-32-10-8-25)12-19(23)21(20)34-35(30,31)18-5-3-17(4-6-18)26(28)29/h3-6,11-13H,2,7-10H2,1H3/b16-11+. The molecule has 1 aliphatic rings. The molecule has 1 aliphatic heterocycles. The van der Waals surface area contributed by atoms with Gasteiger partial charge in [0, 0.05) is 25.2 Å². The maximum absolute atomic E-state index is 12.8. The van der Waals surface area contributed by atoms with E-state index >= 15 is 0 Å². The van der Waals surface area contributed by atoms with E-state index in [2.05, 4.69) is 15.9 Å². The minimum absolute atomic E-state index is 0.0507. The lowest BCUT2D eigenvalue weighted by Gasteiger charge is -2.26. The van der Waals surface area contributed by atoms with Gasteiger partial charge in [0.2, 0.25) is 0 Å². The number of hydrogen-bond donors (Lipinski definition) is 0. The van der Waals surface area contributed by atoms with Crippen LogP contribution in [0.4, 0.5) is 5.69 Å². The molecule has 0 saturated carbocycles. The second-order valence-electron chi connectivity index (χ2n) is 7.13. The highest BCUT2D eigenvalue weighted by atomic mass is 79.9. The van der Waals surface area contributed by atoms with Crippen molar-refractivity contribution in [2.24, 2.45) is 0 Å². The number of benzene rings is 2. The number of rotatable bonds is 8. The van der Waals surface area contributed by atoms with Crippen LogP contribution in [0.5, 0.6) is 11.5 Å². The first-order valence-corrected chi connectivity index (χ1v) is 12.5. The topological polar surface area (TPSA) is 149 Å². The van der Waals surface area contributed by atoms with Crippen LogP contribution in [-0.4, -0.2) is 57.1 Å². The van der Waals surface area contributed by atoms with Crippen molar-refractivity contribution < 1.29 is 31.8 Å². The van der Waals surface area contributed by atoms with Crippen molar-refractivity contribution in [3.63, 3.8) is 0 Å². The van der Waals surface area contributed by atoms with Crippen LogP contribution in [0.2, 0.25) is 0 Å². The maximum Gasteiger partial charge on any atom is 0.339 e. The molecule has 11 nitrogen and oxygen atoms in total. The zero-order chi connectivity index (χ0) is 25.6. The fourth-order valence-corrected chi connectivity index (χ4v) is 4.76. The molecule has 0 radical (unpaired) electrons. The normalized spacial score (nSPS) is 14.2. The molecule has 0 spiro atoms. The van der Waals surface area contributed by atoms with E-state index in [1.165, 1.54) is 23.1 Å². The minimum atomic E-state index is -4.36. The van der Waals surface area contributed by atoms with Crippen LogP contribution in [0.3, 0.4) is 0 Å². The smallest absolute Gasteiger partial charge is 0.339 e. The first-order chi connectivity index (χ1) is 16.7. The third kappa shape index (κ3) is 6.36. The fourth-order valence-electron chi connectivity index (χ4n) is 3.15. The molecular weight excluding hydrogens is 546 g/mol. The van der Waals surface area contributed by atoms with Gasteiger partial charge < -0.3 is 18.6 Å². The van der Waals surface area contributed by atoms with E-state index in [1.807, 2.05) is 6.07 Å². The number of non-ortho nitro benzene ring substituents is 1. The minimum Gasteiger partial charge on any atom is -0.490 e. The predicted octanol–water partition coefficient (Wildman–Crippen LogP) is 3.29. The van der Waals surface area contributed by atoms with E-state index in [1.54, 1.807) is 6.92 Å². The largest absolute Gasteiger partial charge is 0.490 e. The highest BCUT2D eigenvalue weighted by molar-refractivity contribution is 9.10. The van der Waals surface area contributed by atoms with Gasteiger partial charge in [0.1, 0.15) is 16.5 Å². The van der Waals surface area contributed by atoms with Crippen LogP contribution in [0.1, 0.15) is 12.5 Å². The Morgan fingerprint density at radius 2 is 1.94 bits per heavy atom. The average molecular weight is 566 g/mol. The molecule has 0 aliphatic carbocycles. The Morgan fingerprint density at radius 1 is 1.29 bits per heavy atom. The highest BCUT2D eigenvalue weighted by Crippen LogP contribution is 2.39. The van der Waals surface area contributed by atoms with Gasteiger partial charge in [0.25, 0.3) is 11.6 Å². The molecule has 13 heteroatoms. The lowest BCUT2D eigenvalue weighted by molar-refractivity contribution is -0.384. The van der Waals surface area contributed by atoms with Crippen LogP contribution in [0, 0.1) is 21.4 Å². The maximum atomic E-state index is 12.8. The molecule has 184 valence electrons. The third-order valence-corrected chi connectivity index (χ3v) is 6.65. The molecule has 0 N–H and O–H groups in total. The Balaban J connectivity index is 1.94. The van der Waals surface area contributed by atoms with Crippen molar-refractivity contribution >= 4 is 43.7 Å². The number of ether oxygens (including phenoxy) is 2. The van der Waals surface area contributed by atoms with Crippen LogP contribution in [0.25, 0.3) is 6.08 Å². The molecule has 35 heavy (non-hydrogen) atoms. The van der Waals surface area contributed by atoms with E-state index in [4.69, 9.17) is 13.7 Å². The van der Waals surface area contributed by atoms with E-state index in [0.717, 1.165) is 24.3 Å². The summed E-state index contributed by atoms with van der Waals surface area (Å²) in [4.78, 5) is 24.1. The van der Waals surface area contributed by atoms with Crippen molar-refractivity contribution in [2.45, 2.75) is 11.8 Å². The van der Waals surface area contributed by atoms with Crippen molar-refractivity contribution in [3.8, 4) is 17.6 Å². The summed E-state index contributed by atoms with van der Waals surface area (Å²) in [6, 6.07) is 9.06. The van der Waals surface area contributed by atoms with Crippen molar-refractivity contribution in [1.82, 2.24) is 4.90 Å². The molecular formula is C22H20BrN3O8S. The Morgan fingerprint density at radius 3 is 2.51 bits per heavy atom. The summed E-state index contributed by atoms with van der Waals surface area (Å²) in [6.45, 7) is 3.39. The molecule has 0 aromatic heterocycles. The number of amides is 1. The van der Waals surface area contributed by atoms with E-state index < -0.39 is 20.9 Å². The summed E-state index contributed by atoms with van der Waals surface area (Å²) < 4.78 is 41.8. The molecule has 3 rings (SSSR count). The average Bonchev–Trinajstić information content (AvgIpc) is 2.85. The second-order valence-corrected chi connectivity index (χ2v) is 9.53. The Bertz CT molecular complexity index is 1300. The summed E-state index contributed by atoms with van der Waals surface area (Å²) in [7, 11) is -4.36. The number of halogens is 1. The van der Waals surface area contributed by atoms with E-state index in [9.17, 15) is 28.6 Å². The molecule has 0 unspecified atom stereocenters. The van der Waals surface area contributed by atoms with Gasteiger partial charge >= 0.3 is 10.1 Å². The highest BCUT2D eigenvalue weighted by Gasteiger charge is 2.24. The van der Waals surface area contributed by atoms with Crippen LogP contribution < -0.4 is 8.92 Å². The summed E-state index contributed by atoms with van der Waals surface area (Å²) in [5, 5.41) is 20.4. The molecule has 1 saturated heterocycles. The SMILES string of the molecule is CCOc1cc(/C=C(\C#N)C(=O)N2CCOCC2)cc(Br)c1OS(=O)(=O)c1ccc([N+](=O)[O-])cc1. The molecule has 1 heterocycles. The summed E-state index contributed by atoms with van der Waals surface area (Å²) in [5.41, 5.74) is 0.0307. The van der Waals surface area contributed by atoms with E-state index in [-0.39, 0.29) is 38.7 Å². The number of nitrogens with zero attached hydrogens (tertiary/aromatic N) is 3. The lowest BCUT2D eigenvalue weighted by Crippen LogP contribution is -2.41. The first-order valence-electron chi connectivity index (χ1n) is 10.3. The lowest BCUT2D eigenvalue weighted by atomic mass is 10.1. The molecule has 0 bridgehead atoms. The summed E-state index contributed by atoms with van der Waals surface area (Å²) in [5.74, 6) is -0.541. The van der Waals surface area contributed by atoms with E-state index in [0.29, 0.717) is 31.9 Å². The van der Waals surface area contributed by atoms with Gasteiger partial charge in [-0.3, -0.25) is 14.9 Å². The van der Waals surface area contributed by atoms with Gasteiger partial charge in [0.15, 0.2) is 11.5 Å². The summed E-state index contributed by atoms with van der Waals surface area (Å²) in [6.07, 6.45) is 1.37. The second kappa shape index (κ2) is 11.3. The van der Waals surface area contributed by atoms with Gasteiger partial charge in [-0.2, -0.15) is 13.7 Å². The Labute approximate surface area is 209 Å². The Kier molecular flexibility index (Phi) is 8.44. The van der Waals surface area contributed by atoms with Crippen LogP contribution in [-0.2, 0) is 19.6 Å².